The molecule has 3 amide bonds. The molecule has 1 saturated heterocycles. The maximum absolute atomic E-state index is 12.6. The highest BCUT2D eigenvalue weighted by Crippen LogP contribution is 2.24. The van der Waals surface area contributed by atoms with Gasteiger partial charge in [-0.25, -0.2) is 4.68 Å². The standard InChI is InChI=1S/C20H16N4O3/c25-18-10-11-19(26)24(18)15-8-6-14(7-9-15)20(27)22-16-4-1-2-5-17(16)23-13-3-12-21-23/h1-9,12-13H,10-11H2,(H,22,27). The summed E-state index contributed by atoms with van der Waals surface area (Å²) in [5.74, 6) is -0.726. The Kier molecular flexibility index (Phi) is 4.25. The first-order valence-corrected chi connectivity index (χ1v) is 8.50. The van der Waals surface area contributed by atoms with E-state index in [-0.39, 0.29) is 30.6 Å². The lowest BCUT2D eigenvalue weighted by molar-refractivity contribution is -0.121. The van der Waals surface area contributed by atoms with Crippen molar-refractivity contribution in [1.29, 1.82) is 0 Å². The lowest BCUT2D eigenvalue weighted by Gasteiger charge is -2.14. The van der Waals surface area contributed by atoms with Crippen LogP contribution in [0.25, 0.3) is 5.69 Å². The van der Waals surface area contributed by atoms with Gasteiger partial charge < -0.3 is 5.32 Å². The maximum Gasteiger partial charge on any atom is 0.255 e. The monoisotopic (exact) mass is 360 g/mol. The molecule has 27 heavy (non-hydrogen) atoms. The Bertz CT molecular complexity index is 994. The second kappa shape index (κ2) is 6.87. The number of amides is 3. The van der Waals surface area contributed by atoms with Crippen LogP contribution in [-0.4, -0.2) is 27.5 Å². The van der Waals surface area contributed by atoms with Crippen molar-refractivity contribution >= 4 is 29.1 Å². The van der Waals surface area contributed by atoms with Crippen molar-refractivity contribution in [3.63, 3.8) is 0 Å². The van der Waals surface area contributed by atoms with Gasteiger partial charge in [-0.1, -0.05) is 12.1 Å². The molecule has 2 aromatic carbocycles. The lowest BCUT2D eigenvalue weighted by Crippen LogP contribution is -2.28. The van der Waals surface area contributed by atoms with E-state index in [0.717, 1.165) is 10.6 Å². The van der Waals surface area contributed by atoms with Crippen molar-refractivity contribution in [1.82, 2.24) is 9.78 Å². The summed E-state index contributed by atoms with van der Waals surface area (Å²) >= 11 is 0. The molecule has 1 fully saturated rings. The van der Waals surface area contributed by atoms with E-state index in [1.54, 1.807) is 53.5 Å². The van der Waals surface area contributed by atoms with Gasteiger partial charge in [0.05, 0.1) is 17.1 Å². The third-order valence-corrected chi connectivity index (χ3v) is 4.34. The Balaban J connectivity index is 1.55. The van der Waals surface area contributed by atoms with Crippen LogP contribution in [0, 0.1) is 0 Å². The van der Waals surface area contributed by atoms with Crippen LogP contribution < -0.4 is 10.2 Å². The zero-order valence-corrected chi connectivity index (χ0v) is 14.3. The van der Waals surface area contributed by atoms with Gasteiger partial charge in [0.25, 0.3) is 5.91 Å². The highest BCUT2D eigenvalue weighted by atomic mass is 16.2. The van der Waals surface area contributed by atoms with E-state index in [9.17, 15) is 14.4 Å². The minimum Gasteiger partial charge on any atom is -0.320 e. The molecular weight excluding hydrogens is 344 g/mol. The maximum atomic E-state index is 12.6. The number of hydrogen-bond donors (Lipinski definition) is 1. The molecule has 2 heterocycles. The normalized spacial score (nSPS) is 13.9. The Morgan fingerprint density at radius 2 is 1.63 bits per heavy atom. The number of nitrogens with one attached hydrogen (secondary N) is 1. The first-order chi connectivity index (χ1) is 13.1. The van der Waals surface area contributed by atoms with Gasteiger partial charge in [0, 0.05) is 30.8 Å². The predicted octanol–water partition coefficient (Wildman–Crippen LogP) is 2.78. The fourth-order valence-corrected chi connectivity index (χ4v) is 3.01. The zero-order valence-electron chi connectivity index (χ0n) is 14.3. The third-order valence-electron chi connectivity index (χ3n) is 4.34. The number of anilines is 2. The molecular formula is C20H16N4O3. The van der Waals surface area contributed by atoms with E-state index in [1.165, 1.54) is 0 Å². The van der Waals surface area contributed by atoms with Crippen molar-refractivity contribution in [3.8, 4) is 5.69 Å². The molecule has 0 spiro atoms. The Labute approximate surface area is 155 Å². The molecule has 1 aliphatic rings. The number of imide groups is 1. The molecule has 7 heteroatoms. The van der Waals surface area contributed by atoms with Crippen LogP contribution in [0.3, 0.4) is 0 Å². The molecule has 1 aliphatic heterocycles. The summed E-state index contributed by atoms with van der Waals surface area (Å²) in [6, 6.07) is 15.6. The van der Waals surface area contributed by atoms with Crippen molar-refractivity contribution in [2.45, 2.75) is 12.8 Å². The number of carbonyl (C=O) groups excluding carboxylic acids is 3. The molecule has 7 nitrogen and oxygen atoms in total. The Morgan fingerprint density at radius 3 is 2.30 bits per heavy atom. The van der Waals surface area contributed by atoms with Crippen molar-refractivity contribution in [2.75, 3.05) is 10.2 Å². The molecule has 0 aliphatic carbocycles. The van der Waals surface area contributed by atoms with E-state index in [1.807, 2.05) is 18.2 Å². The molecule has 1 aromatic heterocycles. The van der Waals surface area contributed by atoms with Crippen LogP contribution in [0.15, 0.2) is 67.0 Å². The molecule has 4 rings (SSSR count). The van der Waals surface area contributed by atoms with Gasteiger partial charge >= 0.3 is 0 Å². The van der Waals surface area contributed by atoms with Crippen LogP contribution in [0.5, 0.6) is 0 Å². The molecule has 0 saturated carbocycles. The average Bonchev–Trinajstić information content (AvgIpc) is 3.32. The van der Waals surface area contributed by atoms with Gasteiger partial charge in [-0.2, -0.15) is 5.10 Å². The third kappa shape index (κ3) is 3.22. The molecule has 0 bridgehead atoms. The van der Waals surface area contributed by atoms with Crippen LogP contribution in [0.4, 0.5) is 11.4 Å². The molecule has 0 unspecified atom stereocenters. The topological polar surface area (TPSA) is 84.3 Å². The SMILES string of the molecule is O=C(Nc1ccccc1-n1cccn1)c1ccc(N2C(=O)CCC2=O)cc1. The van der Waals surface area contributed by atoms with Gasteiger partial charge in [-0.15, -0.1) is 0 Å². The minimum absolute atomic E-state index is 0.217. The molecule has 0 radical (unpaired) electrons. The van der Waals surface area contributed by atoms with E-state index in [2.05, 4.69) is 10.4 Å². The highest BCUT2D eigenvalue weighted by molar-refractivity contribution is 6.20. The number of para-hydroxylation sites is 2. The van der Waals surface area contributed by atoms with Crippen LogP contribution in [-0.2, 0) is 9.59 Å². The average molecular weight is 360 g/mol. The quantitative estimate of drug-likeness (QED) is 0.725. The number of hydrogen-bond acceptors (Lipinski definition) is 4. The van der Waals surface area contributed by atoms with Crippen LogP contribution in [0.2, 0.25) is 0 Å². The molecule has 1 N–H and O–H groups in total. The number of benzene rings is 2. The summed E-state index contributed by atoms with van der Waals surface area (Å²) in [4.78, 5) is 37.4. The van der Waals surface area contributed by atoms with Gasteiger partial charge in [-0.3, -0.25) is 19.3 Å². The zero-order chi connectivity index (χ0) is 18.8. The largest absolute Gasteiger partial charge is 0.320 e. The summed E-state index contributed by atoms with van der Waals surface area (Å²) < 4.78 is 1.67. The van der Waals surface area contributed by atoms with E-state index in [0.29, 0.717) is 16.9 Å². The molecule has 134 valence electrons. The van der Waals surface area contributed by atoms with Crippen molar-refractivity contribution in [2.24, 2.45) is 0 Å². The summed E-state index contributed by atoms with van der Waals surface area (Å²) in [6.45, 7) is 0. The summed E-state index contributed by atoms with van der Waals surface area (Å²) in [7, 11) is 0. The van der Waals surface area contributed by atoms with E-state index < -0.39 is 0 Å². The van der Waals surface area contributed by atoms with Gasteiger partial charge in [0.15, 0.2) is 0 Å². The second-order valence-corrected chi connectivity index (χ2v) is 6.09. The van der Waals surface area contributed by atoms with E-state index >= 15 is 0 Å². The Morgan fingerprint density at radius 1 is 0.926 bits per heavy atom. The van der Waals surface area contributed by atoms with Gasteiger partial charge in [0.2, 0.25) is 11.8 Å². The first kappa shape index (κ1) is 16.7. The number of nitrogens with zero attached hydrogens (tertiary/aromatic N) is 3. The summed E-state index contributed by atoms with van der Waals surface area (Å²) in [5, 5.41) is 7.07. The molecule has 3 aromatic rings. The predicted molar refractivity (Wildman–Crippen MR) is 99.7 cm³/mol. The highest BCUT2D eigenvalue weighted by Gasteiger charge is 2.30. The fraction of sp³-hybridized carbons (Fsp3) is 0.100. The number of carbonyl (C=O) groups is 3. The smallest absolute Gasteiger partial charge is 0.255 e. The van der Waals surface area contributed by atoms with Crippen LogP contribution >= 0.6 is 0 Å². The van der Waals surface area contributed by atoms with Gasteiger partial charge in [0.1, 0.15) is 0 Å². The number of aromatic nitrogens is 2. The van der Waals surface area contributed by atoms with Crippen molar-refractivity contribution in [3.05, 3.63) is 72.6 Å². The minimum atomic E-state index is -0.291. The van der Waals surface area contributed by atoms with Gasteiger partial charge in [-0.05, 0) is 42.5 Å². The van der Waals surface area contributed by atoms with Crippen molar-refractivity contribution < 1.29 is 14.4 Å². The lowest BCUT2D eigenvalue weighted by atomic mass is 10.1. The first-order valence-electron chi connectivity index (χ1n) is 8.50. The summed E-state index contributed by atoms with van der Waals surface area (Å²) in [6.07, 6.45) is 3.92. The molecule has 0 atom stereocenters. The second-order valence-electron chi connectivity index (χ2n) is 6.09. The number of rotatable bonds is 4. The Hall–Kier alpha value is -3.74. The van der Waals surface area contributed by atoms with E-state index in [4.69, 9.17) is 0 Å². The summed E-state index contributed by atoms with van der Waals surface area (Å²) in [5.41, 5.74) is 2.28. The fourth-order valence-electron chi connectivity index (χ4n) is 3.01. The van der Waals surface area contributed by atoms with Crippen LogP contribution in [0.1, 0.15) is 23.2 Å².